The van der Waals surface area contributed by atoms with Gasteiger partial charge in [-0.2, -0.15) is 18.3 Å². The third-order valence-electron chi connectivity index (χ3n) is 3.29. The van der Waals surface area contributed by atoms with Gasteiger partial charge < -0.3 is 4.74 Å². The average molecular weight is 394 g/mol. The lowest BCUT2D eigenvalue weighted by atomic mass is 10.1. The van der Waals surface area contributed by atoms with Crippen molar-refractivity contribution in [2.24, 2.45) is 5.10 Å². The number of rotatable bonds is 6. The van der Waals surface area contributed by atoms with Crippen LogP contribution in [0, 0.1) is 23.3 Å². The molecule has 0 saturated heterocycles. The van der Waals surface area contributed by atoms with E-state index in [2.05, 4.69) is 5.10 Å². The van der Waals surface area contributed by atoms with E-state index < -0.39 is 40.7 Å². The van der Waals surface area contributed by atoms with Gasteiger partial charge in [0.1, 0.15) is 17.0 Å². The van der Waals surface area contributed by atoms with E-state index in [0.717, 1.165) is 12.6 Å². The molecule has 0 spiro atoms. The van der Waals surface area contributed by atoms with Crippen molar-refractivity contribution in [3.63, 3.8) is 0 Å². The molecule has 0 bridgehead atoms. The van der Waals surface area contributed by atoms with Gasteiger partial charge in [0.25, 0.3) is 0 Å². The molecule has 27 heavy (non-hydrogen) atoms. The first kappa shape index (κ1) is 20.5. The van der Waals surface area contributed by atoms with Gasteiger partial charge in [-0.3, -0.25) is 5.43 Å². The van der Waals surface area contributed by atoms with E-state index in [1.54, 1.807) is 17.6 Å². The number of hydrogen-bond acceptors (Lipinski definition) is 3. The first-order chi connectivity index (χ1) is 12.7. The number of hydrogen-bond donors (Lipinski definition) is 1. The maximum atomic E-state index is 13.7. The van der Waals surface area contributed by atoms with E-state index in [9.17, 15) is 30.7 Å². The number of halogens is 7. The molecule has 10 heteroatoms. The van der Waals surface area contributed by atoms with Crippen LogP contribution >= 0.6 is 0 Å². The summed E-state index contributed by atoms with van der Waals surface area (Å²) in [5.74, 6) is -9.01. The standard InChI is InChI=1S/C17H13F7N2O/c1-2-7-27-10-5-3-9(4-6-10)8-25-26-16-14(20)12(18)11(17(22,23)24)13(19)15(16)21/h3-6,8,26H,2,7H2,1H3. The third-order valence-corrected chi connectivity index (χ3v) is 3.29. The van der Waals surface area contributed by atoms with Crippen LogP contribution in [-0.2, 0) is 6.18 Å². The largest absolute Gasteiger partial charge is 0.494 e. The van der Waals surface area contributed by atoms with Crippen LogP contribution in [-0.4, -0.2) is 12.8 Å². The summed E-state index contributed by atoms with van der Waals surface area (Å²) in [6, 6.07) is 6.26. The Balaban J connectivity index is 2.22. The molecule has 3 nitrogen and oxygen atoms in total. The lowest BCUT2D eigenvalue weighted by Crippen LogP contribution is -2.16. The second-order valence-corrected chi connectivity index (χ2v) is 5.29. The van der Waals surface area contributed by atoms with Crippen molar-refractivity contribution in [2.75, 3.05) is 12.0 Å². The van der Waals surface area contributed by atoms with Gasteiger partial charge in [0.05, 0.1) is 12.8 Å². The molecular formula is C17H13F7N2O. The Morgan fingerprint density at radius 2 is 1.52 bits per heavy atom. The topological polar surface area (TPSA) is 33.6 Å². The van der Waals surface area contributed by atoms with Crippen LogP contribution < -0.4 is 10.2 Å². The van der Waals surface area contributed by atoms with Crippen LogP contribution in [0.3, 0.4) is 0 Å². The minimum Gasteiger partial charge on any atom is -0.494 e. The highest BCUT2D eigenvalue weighted by molar-refractivity contribution is 5.80. The molecule has 2 rings (SSSR count). The second-order valence-electron chi connectivity index (χ2n) is 5.29. The van der Waals surface area contributed by atoms with Crippen molar-refractivity contribution in [3.05, 3.63) is 58.7 Å². The van der Waals surface area contributed by atoms with Gasteiger partial charge in [-0.05, 0) is 36.2 Å². The fraction of sp³-hybridized carbons (Fsp3) is 0.235. The number of anilines is 1. The summed E-state index contributed by atoms with van der Waals surface area (Å²) in [7, 11) is 0. The molecule has 0 saturated carbocycles. The van der Waals surface area contributed by atoms with E-state index in [-0.39, 0.29) is 0 Å². The van der Waals surface area contributed by atoms with Gasteiger partial charge >= 0.3 is 6.18 Å². The lowest BCUT2D eigenvalue weighted by molar-refractivity contribution is -0.143. The van der Waals surface area contributed by atoms with Gasteiger partial charge in [0.15, 0.2) is 23.3 Å². The quantitative estimate of drug-likeness (QED) is 0.304. The number of alkyl halides is 3. The Hall–Kier alpha value is -2.78. The zero-order valence-corrected chi connectivity index (χ0v) is 13.8. The molecule has 2 aromatic carbocycles. The molecule has 1 N–H and O–H groups in total. The van der Waals surface area contributed by atoms with Crippen LogP contribution in [0.5, 0.6) is 5.75 Å². The average Bonchev–Trinajstić information content (AvgIpc) is 2.61. The van der Waals surface area contributed by atoms with Crippen molar-refractivity contribution in [2.45, 2.75) is 19.5 Å². The molecule has 0 aromatic heterocycles. The van der Waals surface area contributed by atoms with Crippen LogP contribution in [0.15, 0.2) is 29.4 Å². The number of nitrogens with one attached hydrogen (secondary N) is 1. The van der Waals surface area contributed by atoms with Gasteiger partial charge in [0.2, 0.25) is 0 Å². The molecule has 0 aliphatic heterocycles. The number of nitrogens with zero attached hydrogens (tertiary/aromatic N) is 1. The van der Waals surface area contributed by atoms with E-state index in [1.165, 1.54) is 12.1 Å². The summed E-state index contributed by atoms with van der Waals surface area (Å²) in [6.45, 7) is 2.44. The van der Waals surface area contributed by atoms with Crippen LogP contribution in [0.4, 0.5) is 36.4 Å². The van der Waals surface area contributed by atoms with Crippen molar-refractivity contribution in [1.29, 1.82) is 0 Å². The summed E-state index contributed by atoms with van der Waals surface area (Å²) in [5.41, 5.74) is -2.01. The SMILES string of the molecule is CCCOc1ccc(C=NNc2c(F)c(F)c(C(F)(F)F)c(F)c2F)cc1. The first-order valence-corrected chi connectivity index (χ1v) is 7.61. The second kappa shape index (κ2) is 8.28. The summed E-state index contributed by atoms with van der Waals surface area (Å²) in [6.07, 6.45) is -3.74. The summed E-state index contributed by atoms with van der Waals surface area (Å²) in [4.78, 5) is 0. The Bertz CT molecular complexity index is 804. The third kappa shape index (κ3) is 4.69. The summed E-state index contributed by atoms with van der Waals surface area (Å²) >= 11 is 0. The molecule has 0 fully saturated rings. The Morgan fingerprint density at radius 3 is 2.00 bits per heavy atom. The van der Waals surface area contributed by atoms with Crippen molar-refractivity contribution in [1.82, 2.24) is 0 Å². The molecular weight excluding hydrogens is 381 g/mol. The smallest absolute Gasteiger partial charge is 0.422 e. The van der Waals surface area contributed by atoms with E-state index in [0.29, 0.717) is 17.9 Å². The molecule has 0 aliphatic carbocycles. The molecule has 0 atom stereocenters. The minimum atomic E-state index is -5.60. The van der Waals surface area contributed by atoms with E-state index >= 15 is 0 Å². The Morgan fingerprint density at radius 1 is 0.963 bits per heavy atom. The fourth-order valence-electron chi connectivity index (χ4n) is 2.02. The first-order valence-electron chi connectivity index (χ1n) is 7.61. The molecule has 0 amide bonds. The van der Waals surface area contributed by atoms with Crippen LogP contribution in [0.25, 0.3) is 0 Å². The van der Waals surface area contributed by atoms with Gasteiger partial charge in [-0.15, -0.1) is 0 Å². The molecule has 0 aliphatic rings. The maximum absolute atomic E-state index is 13.7. The molecule has 0 unspecified atom stereocenters. The minimum absolute atomic E-state index is 0.431. The fourth-order valence-corrected chi connectivity index (χ4v) is 2.02. The zero-order chi connectivity index (χ0) is 20.2. The Kier molecular flexibility index (Phi) is 6.29. The molecule has 146 valence electrons. The number of benzene rings is 2. The highest BCUT2D eigenvalue weighted by Crippen LogP contribution is 2.38. The lowest BCUT2D eigenvalue weighted by Gasteiger charge is -2.13. The number of hydrazone groups is 1. The van der Waals surface area contributed by atoms with Crippen molar-refractivity contribution >= 4 is 11.9 Å². The van der Waals surface area contributed by atoms with Crippen LogP contribution in [0.1, 0.15) is 24.5 Å². The normalized spacial score (nSPS) is 11.9. The predicted octanol–water partition coefficient (Wildman–Crippen LogP) is 5.50. The highest BCUT2D eigenvalue weighted by atomic mass is 19.4. The monoisotopic (exact) mass is 394 g/mol. The Labute approximate surface area is 149 Å². The van der Waals surface area contributed by atoms with E-state index in [4.69, 9.17) is 4.74 Å². The van der Waals surface area contributed by atoms with Crippen LogP contribution in [0.2, 0.25) is 0 Å². The zero-order valence-electron chi connectivity index (χ0n) is 13.8. The van der Waals surface area contributed by atoms with Gasteiger partial charge in [-0.25, -0.2) is 17.6 Å². The molecule has 2 aromatic rings. The van der Waals surface area contributed by atoms with E-state index in [1.807, 2.05) is 6.92 Å². The highest BCUT2D eigenvalue weighted by Gasteiger charge is 2.42. The summed E-state index contributed by atoms with van der Waals surface area (Å²) < 4.78 is 97.2. The maximum Gasteiger partial charge on any atom is 0.422 e. The predicted molar refractivity (Wildman–Crippen MR) is 84.7 cm³/mol. The van der Waals surface area contributed by atoms with Crippen molar-refractivity contribution < 1.29 is 35.5 Å². The van der Waals surface area contributed by atoms with Gasteiger partial charge in [0, 0.05) is 0 Å². The molecule has 0 heterocycles. The van der Waals surface area contributed by atoms with Crippen molar-refractivity contribution in [3.8, 4) is 5.75 Å². The summed E-state index contributed by atoms with van der Waals surface area (Å²) in [5, 5.41) is 3.39. The molecule has 0 radical (unpaired) electrons. The van der Waals surface area contributed by atoms with Gasteiger partial charge in [-0.1, -0.05) is 6.92 Å². The number of ether oxygens (including phenoxy) is 1.